The van der Waals surface area contributed by atoms with Gasteiger partial charge >= 0.3 is 0 Å². The zero-order chi connectivity index (χ0) is 19.7. The molecule has 0 saturated carbocycles. The smallest absolute Gasteiger partial charge is 0.262 e. The van der Waals surface area contributed by atoms with Crippen LogP contribution in [0.15, 0.2) is 47.8 Å². The Hall–Kier alpha value is -2.50. The van der Waals surface area contributed by atoms with Gasteiger partial charge in [0.15, 0.2) is 5.13 Å². The summed E-state index contributed by atoms with van der Waals surface area (Å²) in [6.45, 7) is 6.78. The Kier molecular flexibility index (Phi) is 5.29. The van der Waals surface area contributed by atoms with Crippen molar-refractivity contribution >= 4 is 28.1 Å². The van der Waals surface area contributed by atoms with Gasteiger partial charge < -0.3 is 4.74 Å². The van der Waals surface area contributed by atoms with E-state index in [1.54, 1.807) is 4.90 Å². The first-order valence-electron chi connectivity index (χ1n) is 9.58. The fourth-order valence-corrected chi connectivity index (χ4v) is 4.27. The summed E-state index contributed by atoms with van der Waals surface area (Å²) in [6.07, 6.45) is 1.28. The monoisotopic (exact) mass is 392 g/mol. The maximum atomic E-state index is 13.4. The molecule has 5 heteroatoms. The SMILES string of the molecule is Cc1ccc(-c2csc(N(C(=O)C3CCCO3)c3cc(C)ccc3C)n2)cc1. The van der Waals surface area contributed by atoms with Crippen molar-refractivity contribution in [3.8, 4) is 11.3 Å². The van der Waals surface area contributed by atoms with E-state index in [1.165, 1.54) is 16.9 Å². The van der Waals surface area contributed by atoms with Crippen LogP contribution in [0.5, 0.6) is 0 Å². The van der Waals surface area contributed by atoms with Crippen LogP contribution in [0.4, 0.5) is 10.8 Å². The number of carbonyl (C=O) groups is 1. The fraction of sp³-hybridized carbons (Fsp3) is 0.304. The topological polar surface area (TPSA) is 42.4 Å². The number of rotatable bonds is 4. The van der Waals surface area contributed by atoms with Crippen molar-refractivity contribution < 1.29 is 9.53 Å². The lowest BCUT2D eigenvalue weighted by molar-refractivity contribution is -0.126. The Morgan fingerprint density at radius 1 is 1.11 bits per heavy atom. The minimum absolute atomic E-state index is 0.0315. The van der Waals surface area contributed by atoms with Gasteiger partial charge in [0.25, 0.3) is 5.91 Å². The fourth-order valence-electron chi connectivity index (χ4n) is 3.42. The van der Waals surface area contributed by atoms with Gasteiger partial charge in [0.2, 0.25) is 0 Å². The molecule has 0 bridgehead atoms. The van der Waals surface area contributed by atoms with E-state index in [0.717, 1.165) is 40.9 Å². The molecule has 1 fully saturated rings. The average molecular weight is 393 g/mol. The number of aryl methyl sites for hydroxylation is 3. The molecule has 1 aliphatic rings. The standard InChI is InChI=1S/C23H24N2O2S/c1-15-7-10-18(11-8-15)19-14-28-23(24-19)25(22(26)21-5-4-12-27-21)20-13-16(2)6-9-17(20)3/h6-11,13-14,21H,4-5,12H2,1-3H3. The largest absolute Gasteiger partial charge is 0.368 e. The highest BCUT2D eigenvalue weighted by Gasteiger charge is 2.32. The molecule has 144 valence electrons. The van der Waals surface area contributed by atoms with Crippen molar-refractivity contribution in [2.24, 2.45) is 0 Å². The number of carbonyl (C=O) groups excluding carboxylic acids is 1. The maximum absolute atomic E-state index is 13.4. The normalized spacial score (nSPS) is 16.3. The van der Waals surface area contributed by atoms with E-state index in [0.29, 0.717) is 11.7 Å². The van der Waals surface area contributed by atoms with Gasteiger partial charge in [0, 0.05) is 17.6 Å². The number of nitrogens with zero attached hydrogens (tertiary/aromatic N) is 2. The lowest BCUT2D eigenvalue weighted by atomic mass is 10.1. The number of anilines is 2. The lowest BCUT2D eigenvalue weighted by Gasteiger charge is -2.25. The molecular formula is C23H24N2O2S. The molecule has 1 unspecified atom stereocenters. The number of aromatic nitrogens is 1. The maximum Gasteiger partial charge on any atom is 0.262 e. The van der Waals surface area contributed by atoms with Gasteiger partial charge in [0.1, 0.15) is 6.10 Å². The number of ether oxygens (including phenoxy) is 1. The van der Waals surface area contributed by atoms with E-state index < -0.39 is 6.10 Å². The second-order valence-electron chi connectivity index (χ2n) is 7.35. The molecular weight excluding hydrogens is 368 g/mol. The van der Waals surface area contributed by atoms with E-state index in [-0.39, 0.29) is 5.91 Å². The zero-order valence-electron chi connectivity index (χ0n) is 16.4. The Balaban J connectivity index is 1.76. The van der Waals surface area contributed by atoms with E-state index in [4.69, 9.17) is 9.72 Å². The number of amides is 1. The minimum Gasteiger partial charge on any atom is -0.368 e. The first-order chi connectivity index (χ1) is 13.5. The van der Waals surface area contributed by atoms with Gasteiger partial charge in [-0.2, -0.15) is 0 Å². The Morgan fingerprint density at radius 3 is 2.57 bits per heavy atom. The number of thiazole rings is 1. The highest BCUT2D eigenvalue weighted by molar-refractivity contribution is 7.14. The molecule has 1 aromatic heterocycles. The summed E-state index contributed by atoms with van der Waals surface area (Å²) in [5, 5.41) is 2.70. The highest BCUT2D eigenvalue weighted by atomic mass is 32.1. The van der Waals surface area contributed by atoms with Gasteiger partial charge in [-0.15, -0.1) is 11.3 Å². The van der Waals surface area contributed by atoms with Crippen LogP contribution in [-0.4, -0.2) is 23.6 Å². The summed E-state index contributed by atoms with van der Waals surface area (Å²) in [4.78, 5) is 19.9. The molecule has 1 aliphatic heterocycles. The Labute approximate surface area is 169 Å². The van der Waals surface area contributed by atoms with Crippen LogP contribution >= 0.6 is 11.3 Å². The second kappa shape index (κ2) is 7.86. The number of hydrogen-bond acceptors (Lipinski definition) is 4. The van der Waals surface area contributed by atoms with Crippen molar-refractivity contribution in [1.29, 1.82) is 0 Å². The average Bonchev–Trinajstić information content (AvgIpc) is 3.38. The van der Waals surface area contributed by atoms with Gasteiger partial charge in [-0.05, 0) is 50.8 Å². The summed E-state index contributed by atoms with van der Waals surface area (Å²) in [6, 6.07) is 14.5. The molecule has 2 aromatic carbocycles. The third-order valence-corrected chi connectivity index (χ3v) is 5.89. The molecule has 4 rings (SSSR count). The van der Waals surface area contributed by atoms with Crippen molar-refractivity contribution in [2.45, 2.75) is 39.7 Å². The molecule has 0 N–H and O–H groups in total. The lowest BCUT2D eigenvalue weighted by Crippen LogP contribution is -2.36. The first-order valence-corrected chi connectivity index (χ1v) is 10.5. The number of benzene rings is 2. The summed E-state index contributed by atoms with van der Waals surface area (Å²) in [7, 11) is 0. The molecule has 1 atom stereocenters. The molecule has 0 spiro atoms. The summed E-state index contributed by atoms with van der Waals surface area (Å²) in [5.74, 6) is -0.0315. The summed E-state index contributed by atoms with van der Waals surface area (Å²) >= 11 is 1.49. The predicted octanol–water partition coefficient (Wildman–Crippen LogP) is 5.58. The Morgan fingerprint density at radius 2 is 1.86 bits per heavy atom. The van der Waals surface area contributed by atoms with Crippen LogP contribution < -0.4 is 4.90 Å². The van der Waals surface area contributed by atoms with E-state index >= 15 is 0 Å². The van der Waals surface area contributed by atoms with Gasteiger partial charge in [-0.3, -0.25) is 9.69 Å². The van der Waals surface area contributed by atoms with E-state index in [9.17, 15) is 4.79 Å². The van der Waals surface area contributed by atoms with Crippen molar-refractivity contribution in [1.82, 2.24) is 4.98 Å². The molecule has 2 heterocycles. The molecule has 0 radical (unpaired) electrons. The van der Waals surface area contributed by atoms with Crippen molar-refractivity contribution in [3.05, 3.63) is 64.5 Å². The van der Waals surface area contributed by atoms with Crippen LogP contribution in [0.25, 0.3) is 11.3 Å². The van der Waals surface area contributed by atoms with E-state index in [2.05, 4.69) is 49.4 Å². The van der Waals surface area contributed by atoms with Crippen LogP contribution in [0.3, 0.4) is 0 Å². The first kappa shape index (κ1) is 18.8. The third kappa shape index (κ3) is 3.73. The molecule has 3 aromatic rings. The Bertz CT molecular complexity index is 988. The van der Waals surface area contributed by atoms with Crippen LogP contribution in [0.1, 0.15) is 29.5 Å². The predicted molar refractivity (Wildman–Crippen MR) is 114 cm³/mol. The van der Waals surface area contributed by atoms with Gasteiger partial charge in [0.05, 0.1) is 11.4 Å². The van der Waals surface area contributed by atoms with Crippen LogP contribution in [-0.2, 0) is 9.53 Å². The molecule has 1 amide bonds. The second-order valence-corrected chi connectivity index (χ2v) is 8.18. The minimum atomic E-state index is -0.397. The van der Waals surface area contributed by atoms with Crippen molar-refractivity contribution in [2.75, 3.05) is 11.5 Å². The quantitative estimate of drug-likeness (QED) is 0.582. The van der Waals surface area contributed by atoms with Gasteiger partial charge in [-0.1, -0.05) is 42.0 Å². The molecule has 1 saturated heterocycles. The van der Waals surface area contributed by atoms with Gasteiger partial charge in [-0.25, -0.2) is 4.98 Å². The molecule has 4 nitrogen and oxygen atoms in total. The summed E-state index contributed by atoms with van der Waals surface area (Å²) in [5.41, 5.74) is 6.19. The van der Waals surface area contributed by atoms with Crippen molar-refractivity contribution in [3.63, 3.8) is 0 Å². The molecule has 28 heavy (non-hydrogen) atoms. The summed E-state index contributed by atoms with van der Waals surface area (Å²) < 4.78 is 5.70. The zero-order valence-corrected chi connectivity index (χ0v) is 17.3. The highest BCUT2D eigenvalue weighted by Crippen LogP contribution is 2.36. The number of hydrogen-bond donors (Lipinski definition) is 0. The molecule has 0 aliphatic carbocycles. The van der Waals surface area contributed by atoms with E-state index in [1.807, 2.05) is 19.2 Å². The van der Waals surface area contributed by atoms with Crippen LogP contribution in [0.2, 0.25) is 0 Å². The van der Waals surface area contributed by atoms with Crippen LogP contribution in [0, 0.1) is 20.8 Å². The third-order valence-electron chi connectivity index (χ3n) is 5.06.